The SMILES string of the molecule is CCCNC(Cc1cc(Br)cs1)c1cc(Cl)ccc1I. The van der Waals surface area contributed by atoms with Gasteiger partial charge in [0, 0.05) is 35.8 Å². The van der Waals surface area contributed by atoms with Gasteiger partial charge in [0.15, 0.2) is 0 Å². The molecular formula is C15H16BrClINS. The molecule has 0 spiro atoms. The third-order valence-corrected chi connectivity index (χ3v) is 5.94. The molecular weight excluding hydrogens is 469 g/mol. The van der Waals surface area contributed by atoms with Gasteiger partial charge in [-0.05, 0) is 81.3 Å². The molecule has 2 aromatic rings. The van der Waals surface area contributed by atoms with Crippen molar-refractivity contribution in [3.8, 4) is 0 Å². The summed E-state index contributed by atoms with van der Waals surface area (Å²) in [6, 6.07) is 8.63. The van der Waals surface area contributed by atoms with Crippen LogP contribution in [0.15, 0.2) is 34.1 Å². The second-order valence-electron chi connectivity index (χ2n) is 4.61. The van der Waals surface area contributed by atoms with Gasteiger partial charge in [0.1, 0.15) is 0 Å². The first-order valence-corrected chi connectivity index (χ1v) is 9.64. The molecule has 1 heterocycles. The lowest BCUT2D eigenvalue weighted by molar-refractivity contribution is 0.530. The molecule has 1 atom stereocenters. The number of halogens is 3. The van der Waals surface area contributed by atoms with E-state index in [1.807, 2.05) is 6.07 Å². The van der Waals surface area contributed by atoms with E-state index in [0.29, 0.717) is 6.04 Å². The van der Waals surface area contributed by atoms with Gasteiger partial charge in [-0.15, -0.1) is 11.3 Å². The molecule has 0 aliphatic heterocycles. The second kappa shape index (κ2) is 8.13. The summed E-state index contributed by atoms with van der Waals surface area (Å²) in [5, 5.41) is 6.58. The maximum absolute atomic E-state index is 6.17. The lowest BCUT2D eigenvalue weighted by Gasteiger charge is -2.20. The fourth-order valence-electron chi connectivity index (χ4n) is 2.05. The molecule has 0 aliphatic rings. The van der Waals surface area contributed by atoms with Gasteiger partial charge in [-0.25, -0.2) is 0 Å². The Morgan fingerprint density at radius 1 is 1.40 bits per heavy atom. The summed E-state index contributed by atoms with van der Waals surface area (Å²) in [5.41, 5.74) is 1.29. The first-order valence-electron chi connectivity index (χ1n) is 6.51. The van der Waals surface area contributed by atoms with Crippen LogP contribution in [0.5, 0.6) is 0 Å². The van der Waals surface area contributed by atoms with Crippen LogP contribution in [0, 0.1) is 3.57 Å². The molecule has 108 valence electrons. The fraction of sp³-hybridized carbons (Fsp3) is 0.333. The van der Waals surface area contributed by atoms with E-state index in [4.69, 9.17) is 11.6 Å². The average Bonchev–Trinajstić information content (AvgIpc) is 2.83. The molecule has 1 aromatic heterocycles. The minimum absolute atomic E-state index is 0.311. The Balaban J connectivity index is 2.24. The highest BCUT2D eigenvalue weighted by molar-refractivity contribution is 14.1. The van der Waals surface area contributed by atoms with Gasteiger partial charge < -0.3 is 5.32 Å². The topological polar surface area (TPSA) is 12.0 Å². The summed E-state index contributed by atoms with van der Waals surface area (Å²) in [5.74, 6) is 0. The largest absolute Gasteiger partial charge is 0.310 e. The molecule has 0 saturated heterocycles. The van der Waals surface area contributed by atoms with Crippen LogP contribution in [0.3, 0.4) is 0 Å². The molecule has 1 unspecified atom stereocenters. The van der Waals surface area contributed by atoms with E-state index in [1.165, 1.54) is 14.0 Å². The zero-order valence-corrected chi connectivity index (χ0v) is 16.4. The molecule has 20 heavy (non-hydrogen) atoms. The highest BCUT2D eigenvalue weighted by Gasteiger charge is 2.16. The molecule has 1 nitrogen and oxygen atoms in total. The Morgan fingerprint density at radius 3 is 2.85 bits per heavy atom. The van der Waals surface area contributed by atoms with Crippen LogP contribution in [0.1, 0.15) is 29.8 Å². The van der Waals surface area contributed by atoms with E-state index < -0.39 is 0 Å². The molecule has 0 radical (unpaired) electrons. The van der Waals surface area contributed by atoms with Gasteiger partial charge in [0.2, 0.25) is 0 Å². The van der Waals surface area contributed by atoms with Crippen LogP contribution < -0.4 is 5.32 Å². The third kappa shape index (κ3) is 4.70. The average molecular weight is 485 g/mol. The normalized spacial score (nSPS) is 12.6. The maximum Gasteiger partial charge on any atom is 0.0410 e. The number of benzene rings is 1. The fourth-order valence-corrected chi connectivity index (χ4v) is 4.44. The lowest BCUT2D eigenvalue weighted by atomic mass is 10.0. The molecule has 0 bridgehead atoms. The van der Waals surface area contributed by atoms with Crippen molar-refractivity contribution in [2.45, 2.75) is 25.8 Å². The smallest absolute Gasteiger partial charge is 0.0410 e. The van der Waals surface area contributed by atoms with E-state index in [0.717, 1.165) is 28.9 Å². The van der Waals surface area contributed by atoms with Crippen LogP contribution in [-0.4, -0.2) is 6.54 Å². The van der Waals surface area contributed by atoms with Crippen LogP contribution in [0.2, 0.25) is 5.02 Å². The van der Waals surface area contributed by atoms with E-state index in [9.17, 15) is 0 Å². The van der Waals surface area contributed by atoms with Gasteiger partial charge in [0.05, 0.1) is 0 Å². The maximum atomic E-state index is 6.17. The second-order valence-corrected chi connectivity index (χ2v) is 8.12. The lowest BCUT2D eigenvalue weighted by Crippen LogP contribution is -2.24. The van der Waals surface area contributed by atoms with Crippen LogP contribution >= 0.6 is 61.5 Å². The predicted molar refractivity (Wildman–Crippen MR) is 101 cm³/mol. The first-order chi connectivity index (χ1) is 9.60. The minimum Gasteiger partial charge on any atom is -0.310 e. The van der Waals surface area contributed by atoms with Crippen molar-refractivity contribution in [3.05, 3.63) is 53.2 Å². The highest BCUT2D eigenvalue weighted by atomic mass is 127. The number of thiophene rings is 1. The molecule has 0 fully saturated rings. The van der Waals surface area contributed by atoms with Gasteiger partial charge in [-0.3, -0.25) is 0 Å². The van der Waals surface area contributed by atoms with Gasteiger partial charge in [-0.2, -0.15) is 0 Å². The van der Waals surface area contributed by atoms with Crippen LogP contribution in [0.25, 0.3) is 0 Å². The van der Waals surface area contributed by atoms with Crippen molar-refractivity contribution < 1.29 is 0 Å². The monoisotopic (exact) mass is 483 g/mol. The van der Waals surface area contributed by atoms with Crippen LogP contribution in [-0.2, 0) is 6.42 Å². The zero-order chi connectivity index (χ0) is 14.5. The van der Waals surface area contributed by atoms with Crippen molar-refractivity contribution in [1.82, 2.24) is 5.32 Å². The summed E-state index contributed by atoms with van der Waals surface area (Å²) < 4.78 is 2.42. The predicted octanol–water partition coefficient (Wildman–Crippen LogP) is 6.05. The van der Waals surface area contributed by atoms with Gasteiger partial charge >= 0.3 is 0 Å². The number of hydrogen-bond donors (Lipinski definition) is 1. The minimum atomic E-state index is 0.311. The Labute approximate surface area is 151 Å². The van der Waals surface area contributed by atoms with E-state index >= 15 is 0 Å². The van der Waals surface area contributed by atoms with E-state index in [2.05, 4.69) is 74.3 Å². The summed E-state index contributed by atoms with van der Waals surface area (Å²) >= 11 is 13.9. The molecule has 1 N–H and O–H groups in total. The van der Waals surface area contributed by atoms with E-state index in [1.54, 1.807) is 11.3 Å². The number of nitrogens with one attached hydrogen (secondary N) is 1. The number of hydrogen-bond acceptors (Lipinski definition) is 2. The van der Waals surface area contributed by atoms with E-state index in [-0.39, 0.29) is 0 Å². The first kappa shape index (κ1) is 16.7. The summed E-state index contributed by atoms with van der Waals surface area (Å²) in [6.45, 7) is 3.20. The van der Waals surface area contributed by atoms with Crippen molar-refractivity contribution in [2.24, 2.45) is 0 Å². The molecule has 0 saturated carbocycles. The summed E-state index contributed by atoms with van der Waals surface area (Å²) in [6.07, 6.45) is 2.12. The molecule has 0 aliphatic carbocycles. The molecule has 2 rings (SSSR count). The molecule has 0 amide bonds. The quantitative estimate of drug-likeness (QED) is 0.492. The summed E-state index contributed by atoms with van der Waals surface area (Å²) in [4.78, 5) is 1.38. The zero-order valence-electron chi connectivity index (χ0n) is 11.1. The molecule has 1 aromatic carbocycles. The molecule has 5 heteroatoms. The standard InChI is InChI=1S/C15H16BrClINS/c1-2-5-19-15(8-12-6-10(16)9-20-12)13-7-11(17)3-4-14(13)18/h3-4,6-7,9,15,19H,2,5,8H2,1H3. The Hall–Kier alpha value is 0.380. The van der Waals surface area contributed by atoms with Gasteiger partial charge in [0.25, 0.3) is 0 Å². The number of rotatable bonds is 6. The summed E-state index contributed by atoms with van der Waals surface area (Å²) in [7, 11) is 0. The third-order valence-electron chi connectivity index (χ3n) is 3.00. The Kier molecular flexibility index (Phi) is 6.81. The van der Waals surface area contributed by atoms with Crippen molar-refractivity contribution in [1.29, 1.82) is 0 Å². The van der Waals surface area contributed by atoms with Crippen molar-refractivity contribution in [2.75, 3.05) is 6.54 Å². The Morgan fingerprint density at radius 2 is 2.20 bits per heavy atom. The Bertz CT molecular complexity index is 573. The highest BCUT2D eigenvalue weighted by Crippen LogP contribution is 2.29. The van der Waals surface area contributed by atoms with Gasteiger partial charge in [-0.1, -0.05) is 18.5 Å². The van der Waals surface area contributed by atoms with Crippen molar-refractivity contribution in [3.63, 3.8) is 0 Å². The van der Waals surface area contributed by atoms with Crippen molar-refractivity contribution >= 4 is 61.5 Å². The van der Waals surface area contributed by atoms with Crippen LogP contribution in [0.4, 0.5) is 0 Å².